The summed E-state index contributed by atoms with van der Waals surface area (Å²) in [7, 11) is 0. The number of halogens is 1. The molecule has 0 bridgehead atoms. The van der Waals surface area contributed by atoms with E-state index in [1.54, 1.807) is 12.3 Å². The summed E-state index contributed by atoms with van der Waals surface area (Å²) < 4.78 is 17.4. The van der Waals surface area contributed by atoms with E-state index in [9.17, 15) is 14.0 Å². The van der Waals surface area contributed by atoms with Gasteiger partial charge in [-0.1, -0.05) is 29.8 Å². The van der Waals surface area contributed by atoms with Gasteiger partial charge in [0.15, 0.2) is 0 Å². The Morgan fingerprint density at radius 2 is 2.03 bits per heavy atom. The van der Waals surface area contributed by atoms with Crippen molar-refractivity contribution in [1.82, 2.24) is 19.2 Å². The molecular weight excluding hydrogens is 419 g/mol. The summed E-state index contributed by atoms with van der Waals surface area (Å²) in [4.78, 5) is 28.0. The Hall–Kier alpha value is -3.48. The standard InChI is InChI=1S/C26H27FN4O2/c1-17-6-5-8-19(12-17)14-29-15-22-25(21-13-20(27)9-10-23(21)29)28-31(26(22)33)16-24(32)30-11-4-3-7-18(30)2/h5-6,8-10,12-13,15,18H,3-4,7,11,14,16H2,1-2H3/t18-/m1/s1. The van der Waals surface area contributed by atoms with Crippen LogP contribution in [0.5, 0.6) is 0 Å². The average Bonchev–Trinajstić information content (AvgIpc) is 3.09. The largest absolute Gasteiger partial charge is 0.342 e. The molecule has 0 aliphatic carbocycles. The van der Waals surface area contributed by atoms with Crippen molar-refractivity contribution in [3.8, 4) is 11.3 Å². The van der Waals surface area contributed by atoms with Gasteiger partial charge in [-0.2, -0.15) is 5.10 Å². The molecule has 0 aromatic heterocycles. The van der Waals surface area contributed by atoms with Crippen LogP contribution in [0.1, 0.15) is 37.3 Å². The molecule has 33 heavy (non-hydrogen) atoms. The first-order valence-electron chi connectivity index (χ1n) is 11.4. The highest BCUT2D eigenvalue weighted by molar-refractivity contribution is 5.94. The number of piperidine rings is 1. The molecular formula is C26H27FN4O2. The molecule has 2 aromatic rings. The molecule has 3 aliphatic heterocycles. The molecule has 5 rings (SSSR count). The van der Waals surface area contributed by atoms with Crippen LogP contribution in [0.25, 0.3) is 22.2 Å². The lowest BCUT2D eigenvalue weighted by Crippen LogP contribution is -2.44. The van der Waals surface area contributed by atoms with Crippen molar-refractivity contribution in [2.45, 2.75) is 52.2 Å². The molecule has 2 aromatic carbocycles. The van der Waals surface area contributed by atoms with Gasteiger partial charge >= 0.3 is 0 Å². The number of benzene rings is 2. The van der Waals surface area contributed by atoms with Crippen molar-refractivity contribution in [3.63, 3.8) is 0 Å². The summed E-state index contributed by atoms with van der Waals surface area (Å²) in [5.74, 6) is -0.493. The van der Waals surface area contributed by atoms with Crippen LogP contribution < -0.4 is 5.56 Å². The zero-order valence-electron chi connectivity index (χ0n) is 18.9. The lowest BCUT2D eigenvalue weighted by atomic mass is 10.0. The normalized spacial score (nSPS) is 16.6. The first kappa shape index (κ1) is 21.4. The second-order valence-electron chi connectivity index (χ2n) is 9.06. The zero-order chi connectivity index (χ0) is 23.1. The summed E-state index contributed by atoms with van der Waals surface area (Å²) in [6, 6.07) is 12.8. The Bertz CT molecular complexity index is 1370. The molecule has 170 valence electrons. The van der Waals surface area contributed by atoms with E-state index in [1.807, 2.05) is 41.5 Å². The number of carbonyl (C=O) groups is 1. The van der Waals surface area contributed by atoms with Crippen molar-refractivity contribution in [2.75, 3.05) is 6.54 Å². The maximum absolute atomic E-state index is 14.2. The second kappa shape index (κ2) is 8.46. The summed E-state index contributed by atoms with van der Waals surface area (Å²) in [6.07, 6.45) is 4.84. The maximum Gasteiger partial charge on any atom is 0.278 e. The van der Waals surface area contributed by atoms with Gasteiger partial charge < -0.3 is 9.47 Å². The van der Waals surface area contributed by atoms with E-state index >= 15 is 0 Å². The van der Waals surface area contributed by atoms with Gasteiger partial charge in [0.25, 0.3) is 5.56 Å². The van der Waals surface area contributed by atoms with Crippen LogP contribution >= 0.6 is 0 Å². The van der Waals surface area contributed by atoms with E-state index in [1.165, 1.54) is 16.8 Å². The van der Waals surface area contributed by atoms with Gasteiger partial charge in [-0.25, -0.2) is 9.07 Å². The quantitative estimate of drug-likeness (QED) is 0.472. The molecule has 1 saturated heterocycles. The number of carbonyl (C=O) groups excluding carboxylic acids is 1. The molecule has 1 atom stereocenters. The van der Waals surface area contributed by atoms with E-state index in [4.69, 9.17) is 0 Å². The van der Waals surface area contributed by atoms with Gasteiger partial charge in [0.05, 0.1) is 11.1 Å². The number of hydrogen-bond acceptors (Lipinski definition) is 3. The van der Waals surface area contributed by atoms with E-state index in [0.29, 0.717) is 29.7 Å². The first-order valence-corrected chi connectivity index (χ1v) is 11.4. The molecule has 0 unspecified atom stereocenters. The first-order chi connectivity index (χ1) is 15.9. The van der Waals surface area contributed by atoms with Crippen LogP contribution in [-0.4, -0.2) is 37.7 Å². The van der Waals surface area contributed by atoms with Crippen LogP contribution in [-0.2, 0) is 17.9 Å². The Labute approximate surface area is 191 Å². The molecule has 0 radical (unpaired) electrons. The predicted octanol–water partition coefficient (Wildman–Crippen LogP) is 4.20. The summed E-state index contributed by atoms with van der Waals surface area (Å²) in [6.45, 7) is 5.21. The average molecular weight is 447 g/mol. The highest BCUT2D eigenvalue weighted by Crippen LogP contribution is 2.29. The zero-order valence-corrected chi connectivity index (χ0v) is 18.9. The van der Waals surface area contributed by atoms with Gasteiger partial charge in [0.2, 0.25) is 5.91 Å². The summed E-state index contributed by atoms with van der Waals surface area (Å²) in [5.41, 5.74) is 3.50. The van der Waals surface area contributed by atoms with Gasteiger partial charge in [-0.15, -0.1) is 0 Å². The summed E-state index contributed by atoms with van der Waals surface area (Å²) in [5, 5.41) is 5.04. The molecule has 3 heterocycles. The molecule has 7 heteroatoms. The van der Waals surface area contributed by atoms with Crippen molar-refractivity contribution in [2.24, 2.45) is 0 Å². The van der Waals surface area contributed by atoms with Crippen LogP contribution in [0.3, 0.4) is 0 Å². The number of pyridine rings is 1. The maximum atomic E-state index is 14.2. The van der Waals surface area contributed by atoms with Crippen LogP contribution in [0, 0.1) is 12.7 Å². The Balaban J connectivity index is 1.59. The molecule has 6 nitrogen and oxygen atoms in total. The third kappa shape index (κ3) is 4.03. The molecule has 3 aliphatic rings. The fraction of sp³-hybridized carbons (Fsp3) is 0.346. The number of fused-ring (bicyclic) bond motifs is 3. The molecule has 1 fully saturated rings. The van der Waals surface area contributed by atoms with E-state index in [2.05, 4.69) is 11.2 Å². The second-order valence-corrected chi connectivity index (χ2v) is 9.06. The Morgan fingerprint density at radius 3 is 2.82 bits per heavy atom. The Kier molecular flexibility index (Phi) is 5.48. The number of aromatic nitrogens is 3. The smallest absolute Gasteiger partial charge is 0.278 e. The van der Waals surface area contributed by atoms with Crippen LogP contribution in [0.2, 0.25) is 0 Å². The number of nitrogens with zero attached hydrogens (tertiary/aromatic N) is 4. The topological polar surface area (TPSA) is 60.1 Å². The molecule has 0 N–H and O–H groups in total. The van der Waals surface area contributed by atoms with Crippen molar-refractivity contribution < 1.29 is 9.18 Å². The Morgan fingerprint density at radius 1 is 1.18 bits per heavy atom. The number of rotatable bonds is 4. The number of aryl methyl sites for hydroxylation is 1. The highest BCUT2D eigenvalue weighted by atomic mass is 19.1. The van der Waals surface area contributed by atoms with Crippen molar-refractivity contribution >= 4 is 16.8 Å². The SMILES string of the molecule is Cc1cccc(Cn2cc3c(=O)n(CC(=O)N4CCCC[C@H]4C)nc-3c3cc(F)ccc32)c1. The van der Waals surface area contributed by atoms with Gasteiger partial charge in [-0.05, 0) is 56.9 Å². The highest BCUT2D eigenvalue weighted by Gasteiger charge is 2.26. The third-order valence-corrected chi connectivity index (χ3v) is 6.59. The fourth-order valence-electron chi connectivity index (χ4n) is 4.88. The van der Waals surface area contributed by atoms with Crippen molar-refractivity contribution in [1.29, 1.82) is 0 Å². The number of hydrogen-bond donors (Lipinski definition) is 0. The third-order valence-electron chi connectivity index (χ3n) is 6.59. The summed E-state index contributed by atoms with van der Waals surface area (Å²) >= 11 is 0. The van der Waals surface area contributed by atoms with Crippen molar-refractivity contribution in [3.05, 3.63) is 76.0 Å². The van der Waals surface area contributed by atoms with Gasteiger partial charge in [-0.3, -0.25) is 9.59 Å². The minimum Gasteiger partial charge on any atom is -0.342 e. The van der Waals surface area contributed by atoms with Crippen LogP contribution in [0.4, 0.5) is 4.39 Å². The van der Waals surface area contributed by atoms with E-state index < -0.39 is 5.82 Å². The molecule has 0 spiro atoms. The number of likely N-dealkylation sites (tertiary alicyclic amines) is 1. The minimum absolute atomic E-state index is 0.102. The van der Waals surface area contributed by atoms with E-state index in [0.717, 1.165) is 35.9 Å². The lowest BCUT2D eigenvalue weighted by molar-refractivity contribution is -0.135. The fourth-order valence-corrected chi connectivity index (χ4v) is 4.88. The van der Waals surface area contributed by atoms with Crippen LogP contribution in [0.15, 0.2) is 53.5 Å². The minimum atomic E-state index is -0.391. The van der Waals surface area contributed by atoms with Gasteiger partial charge in [0, 0.05) is 30.7 Å². The van der Waals surface area contributed by atoms with Gasteiger partial charge in [0.1, 0.15) is 18.1 Å². The predicted molar refractivity (Wildman–Crippen MR) is 126 cm³/mol. The lowest BCUT2D eigenvalue weighted by Gasteiger charge is -2.33. The molecule has 0 saturated carbocycles. The van der Waals surface area contributed by atoms with E-state index in [-0.39, 0.29) is 24.1 Å². The monoisotopic (exact) mass is 446 g/mol. The molecule has 1 amide bonds. The number of amides is 1.